The molecule has 7 nitrogen and oxygen atoms in total. The number of para-hydroxylation sites is 1. The molecule has 0 saturated heterocycles. The fraction of sp³-hybridized carbons (Fsp3) is 0.440. The number of carbonyl (C=O) groups excluding carboxylic acids is 1. The summed E-state index contributed by atoms with van der Waals surface area (Å²) in [5, 5.41) is 16.2. The molecule has 1 aromatic carbocycles. The molecular formula is C25H32N6O. The van der Waals surface area contributed by atoms with E-state index >= 15 is 0 Å². The zero-order chi connectivity index (χ0) is 22.9. The van der Waals surface area contributed by atoms with Crippen molar-refractivity contribution in [3.63, 3.8) is 0 Å². The number of fused-ring (bicyclic) bond motifs is 1. The van der Waals surface area contributed by atoms with Gasteiger partial charge in [-0.3, -0.25) is 9.89 Å². The first-order chi connectivity index (χ1) is 15.2. The third-order valence-corrected chi connectivity index (χ3v) is 6.07. The normalized spacial score (nSPS) is 16.3. The minimum Gasteiger partial charge on any atom is -0.281 e. The molecule has 0 aliphatic heterocycles. The van der Waals surface area contributed by atoms with Gasteiger partial charge in [-0.05, 0) is 63.0 Å². The summed E-state index contributed by atoms with van der Waals surface area (Å²) in [5.74, 6) is 0.296. The average Bonchev–Trinajstić information content (AvgIpc) is 3.28. The highest BCUT2D eigenvalue weighted by Gasteiger charge is 2.29. The van der Waals surface area contributed by atoms with Crippen LogP contribution in [0.25, 0.3) is 5.69 Å². The van der Waals surface area contributed by atoms with Gasteiger partial charge >= 0.3 is 0 Å². The van der Waals surface area contributed by atoms with Crippen LogP contribution >= 0.6 is 0 Å². The van der Waals surface area contributed by atoms with Crippen molar-refractivity contribution in [2.75, 3.05) is 0 Å². The van der Waals surface area contributed by atoms with Gasteiger partial charge in [0.2, 0.25) is 0 Å². The predicted molar refractivity (Wildman–Crippen MR) is 126 cm³/mol. The first kappa shape index (κ1) is 22.0. The van der Waals surface area contributed by atoms with Crippen LogP contribution in [-0.2, 0) is 12.8 Å². The van der Waals surface area contributed by atoms with Gasteiger partial charge in [0.15, 0.2) is 5.69 Å². The molecule has 168 valence electrons. The Hall–Kier alpha value is -3.22. The molecule has 0 saturated carbocycles. The van der Waals surface area contributed by atoms with Crippen LogP contribution in [0.15, 0.2) is 35.4 Å². The van der Waals surface area contributed by atoms with Crippen LogP contribution in [0.2, 0.25) is 0 Å². The molecule has 1 aliphatic rings. The minimum absolute atomic E-state index is 0.276. The van der Waals surface area contributed by atoms with Crippen LogP contribution in [0.3, 0.4) is 0 Å². The Morgan fingerprint density at radius 1 is 1.28 bits per heavy atom. The molecule has 1 atom stereocenters. The van der Waals surface area contributed by atoms with E-state index in [1.165, 1.54) is 0 Å². The number of carbonyl (C=O) groups is 1. The second-order valence-corrected chi connectivity index (χ2v) is 9.93. The van der Waals surface area contributed by atoms with Gasteiger partial charge in [-0.15, -0.1) is 0 Å². The number of hydrazone groups is 1. The number of H-pyrrole nitrogens is 1. The second-order valence-electron chi connectivity index (χ2n) is 9.93. The molecule has 0 spiro atoms. The summed E-state index contributed by atoms with van der Waals surface area (Å²) < 4.78 is 1.89. The van der Waals surface area contributed by atoms with E-state index in [1.807, 2.05) is 48.9 Å². The molecule has 1 aliphatic carbocycles. The molecule has 2 aromatic heterocycles. The standard InChI is InChI=1S/C25H32N6O/c1-16-21(17(2)31(30-16)19-9-7-6-8-10-19)15-26-29-24(32)23-20-13-18(14-25(3,4)5)11-12-22(20)27-28-23/h6-10,15,18H,11-14H2,1-5H3,(H,27,28)(H,29,32). The number of nitrogens with one attached hydrogen (secondary N) is 2. The maximum absolute atomic E-state index is 12.8. The predicted octanol–water partition coefficient (Wildman–Crippen LogP) is 4.52. The van der Waals surface area contributed by atoms with Crippen molar-refractivity contribution in [1.29, 1.82) is 0 Å². The monoisotopic (exact) mass is 432 g/mol. The molecule has 32 heavy (non-hydrogen) atoms. The largest absolute Gasteiger partial charge is 0.292 e. The van der Waals surface area contributed by atoms with Crippen LogP contribution in [0.1, 0.15) is 72.3 Å². The van der Waals surface area contributed by atoms with Gasteiger partial charge in [-0.25, -0.2) is 10.1 Å². The second kappa shape index (κ2) is 8.73. The molecular weight excluding hydrogens is 400 g/mol. The highest BCUT2D eigenvalue weighted by Crippen LogP contribution is 2.34. The lowest BCUT2D eigenvalue weighted by Crippen LogP contribution is -2.24. The summed E-state index contributed by atoms with van der Waals surface area (Å²) in [7, 11) is 0. The number of nitrogens with zero attached hydrogens (tertiary/aromatic N) is 4. The highest BCUT2D eigenvalue weighted by molar-refractivity contribution is 5.95. The Balaban J connectivity index is 1.47. The van der Waals surface area contributed by atoms with Crippen molar-refractivity contribution in [2.45, 2.75) is 60.3 Å². The number of aryl methyl sites for hydroxylation is 2. The number of rotatable bonds is 5. The molecule has 2 N–H and O–H groups in total. The molecule has 3 aromatic rings. The van der Waals surface area contributed by atoms with Gasteiger partial charge in [-0.1, -0.05) is 39.0 Å². The lowest BCUT2D eigenvalue weighted by Gasteiger charge is -2.28. The number of aromatic nitrogens is 4. The summed E-state index contributed by atoms with van der Waals surface area (Å²) in [5.41, 5.74) is 9.23. The zero-order valence-corrected chi connectivity index (χ0v) is 19.6. The molecule has 1 amide bonds. The van der Waals surface area contributed by atoms with E-state index in [1.54, 1.807) is 6.21 Å². The number of hydrogen-bond acceptors (Lipinski definition) is 4. The summed E-state index contributed by atoms with van der Waals surface area (Å²) in [6.45, 7) is 10.7. The highest BCUT2D eigenvalue weighted by atomic mass is 16.2. The molecule has 7 heteroatoms. The Morgan fingerprint density at radius 3 is 2.75 bits per heavy atom. The minimum atomic E-state index is -0.277. The molecule has 0 bridgehead atoms. The van der Waals surface area contributed by atoms with Crippen molar-refractivity contribution in [3.05, 3.63) is 64.2 Å². The van der Waals surface area contributed by atoms with Crippen molar-refractivity contribution in [2.24, 2.45) is 16.4 Å². The zero-order valence-electron chi connectivity index (χ0n) is 19.6. The first-order valence-electron chi connectivity index (χ1n) is 11.2. The topological polar surface area (TPSA) is 88.0 Å². The van der Waals surface area contributed by atoms with Crippen LogP contribution < -0.4 is 5.43 Å². The van der Waals surface area contributed by atoms with E-state index in [0.717, 1.165) is 59.6 Å². The maximum atomic E-state index is 12.8. The van der Waals surface area contributed by atoms with E-state index in [-0.39, 0.29) is 11.3 Å². The lowest BCUT2D eigenvalue weighted by molar-refractivity contribution is 0.0948. The third kappa shape index (κ3) is 4.66. The number of benzene rings is 1. The summed E-state index contributed by atoms with van der Waals surface area (Å²) in [4.78, 5) is 12.8. The lowest BCUT2D eigenvalue weighted by atomic mass is 9.76. The van der Waals surface area contributed by atoms with Crippen molar-refractivity contribution >= 4 is 12.1 Å². The molecule has 2 heterocycles. The van der Waals surface area contributed by atoms with Gasteiger partial charge < -0.3 is 0 Å². The van der Waals surface area contributed by atoms with Gasteiger partial charge in [0.25, 0.3) is 5.91 Å². The Kier molecular flexibility index (Phi) is 6.00. The van der Waals surface area contributed by atoms with Crippen molar-refractivity contribution < 1.29 is 4.79 Å². The van der Waals surface area contributed by atoms with Gasteiger partial charge in [0, 0.05) is 16.8 Å². The summed E-state index contributed by atoms with van der Waals surface area (Å²) in [6, 6.07) is 9.96. The Morgan fingerprint density at radius 2 is 2.03 bits per heavy atom. The first-order valence-corrected chi connectivity index (χ1v) is 11.2. The van der Waals surface area contributed by atoms with Crippen LogP contribution in [-0.4, -0.2) is 32.1 Å². The Bertz CT molecular complexity index is 1130. The van der Waals surface area contributed by atoms with Crippen LogP contribution in [0, 0.1) is 25.2 Å². The van der Waals surface area contributed by atoms with E-state index in [0.29, 0.717) is 11.6 Å². The fourth-order valence-corrected chi connectivity index (χ4v) is 4.67. The molecule has 0 fully saturated rings. The number of hydrogen-bond donors (Lipinski definition) is 2. The van der Waals surface area contributed by atoms with Crippen molar-refractivity contribution in [1.82, 2.24) is 25.4 Å². The van der Waals surface area contributed by atoms with E-state index < -0.39 is 0 Å². The Labute approximate surface area is 189 Å². The SMILES string of the molecule is Cc1nn(-c2ccccc2)c(C)c1C=NNC(=O)c1n[nH]c2c1CC(CC(C)(C)C)CC2. The third-order valence-electron chi connectivity index (χ3n) is 6.07. The molecule has 0 radical (unpaired) electrons. The summed E-state index contributed by atoms with van der Waals surface area (Å²) >= 11 is 0. The quantitative estimate of drug-likeness (QED) is 0.459. The molecule has 1 unspecified atom stereocenters. The average molecular weight is 433 g/mol. The van der Waals surface area contributed by atoms with E-state index in [9.17, 15) is 4.79 Å². The van der Waals surface area contributed by atoms with Crippen molar-refractivity contribution in [3.8, 4) is 5.69 Å². The fourth-order valence-electron chi connectivity index (χ4n) is 4.67. The van der Waals surface area contributed by atoms with E-state index in [4.69, 9.17) is 0 Å². The van der Waals surface area contributed by atoms with Gasteiger partial charge in [-0.2, -0.15) is 15.3 Å². The number of amides is 1. The maximum Gasteiger partial charge on any atom is 0.292 e. The summed E-state index contributed by atoms with van der Waals surface area (Å²) in [6.07, 6.45) is 5.77. The van der Waals surface area contributed by atoms with Crippen LogP contribution in [0.5, 0.6) is 0 Å². The smallest absolute Gasteiger partial charge is 0.281 e. The van der Waals surface area contributed by atoms with Gasteiger partial charge in [0.05, 0.1) is 23.3 Å². The molecule has 4 rings (SSSR count). The van der Waals surface area contributed by atoms with Crippen LogP contribution in [0.4, 0.5) is 0 Å². The van der Waals surface area contributed by atoms with E-state index in [2.05, 4.69) is 46.6 Å². The number of aromatic amines is 1. The van der Waals surface area contributed by atoms with Gasteiger partial charge in [0.1, 0.15) is 0 Å².